The summed E-state index contributed by atoms with van der Waals surface area (Å²) >= 11 is 0. The second-order valence-electron chi connectivity index (χ2n) is 12.5. The van der Waals surface area contributed by atoms with Gasteiger partial charge in [-0.1, -0.05) is 49.6 Å². The topological polar surface area (TPSA) is 208 Å². The number of carbonyl (C=O) groups is 4. The molecule has 13 nitrogen and oxygen atoms in total. The normalized spacial score (nSPS) is 14.6. The number of amides is 2. The number of carbonyl (C=O) groups excluding carboxylic acids is 2. The molecule has 2 aromatic heterocycles. The Morgan fingerprint density at radius 3 is 2.37 bits per heavy atom. The van der Waals surface area contributed by atoms with E-state index in [0.717, 1.165) is 30.7 Å². The number of aryl methyl sites for hydroxylation is 1. The Kier molecular flexibility index (Phi) is 12.3. The monoisotopic (exact) mass is 713 g/mol. The van der Waals surface area contributed by atoms with Crippen molar-refractivity contribution in [3.05, 3.63) is 87.0 Å². The number of aromatic nitrogens is 3. The van der Waals surface area contributed by atoms with E-state index in [1.807, 2.05) is 0 Å². The van der Waals surface area contributed by atoms with E-state index in [2.05, 4.69) is 22.6 Å². The highest BCUT2D eigenvalue weighted by atomic mass is 19.4. The van der Waals surface area contributed by atoms with Gasteiger partial charge in [0.15, 0.2) is 0 Å². The van der Waals surface area contributed by atoms with Crippen LogP contribution in [-0.4, -0.2) is 49.0 Å². The predicted octanol–water partition coefficient (Wildman–Crippen LogP) is 5.39. The number of nitrogens with two attached hydrogens (primary N) is 1. The number of halogens is 3. The van der Waals surface area contributed by atoms with E-state index in [1.165, 1.54) is 42.1 Å². The molecule has 2 heterocycles. The van der Waals surface area contributed by atoms with Crippen molar-refractivity contribution in [2.45, 2.75) is 83.4 Å². The average molecular weight is 714 g/mol. The van der Waals surface area contributed by atoms with Gasteiger partial charge in [0.1, 0.15) is 11.6 Å². The lowest BCUT2D eigenvalue weighted by Gasteiger charge is -2.26. The van der Waals surface area contributed by atoms with Crippen molar-refractivity contribution in [1.29, 1.82) is 0 Å². The minimum Gasteiger partial charge on any atom is -0.481 e. The zero-order valence-corrected chi connectivity index (χ0v) is 27.9. The smallest absolute Gasteiger partial charge is 0.416 e. The van der Waals surface area contributed by atoms with Gasteiger partial charge in [-0.05, 0) is 55.0 Å². The van der Waals surface area contributed by atoms with Crippen LogP contribution in [0.15, 0.2) is 57.9 Å². The van der Waals surface area contributed by atoms with Crippen molar-refractivity contribution >= 4 is 40.4 Å². The van der Waals surface area contributed by atoms with E-state index in [1.54, 1.807) is 25.3 Å². The molecule has 2 aromatic carbocycles. The number of nitrogens with zero attached hydrogens (tertiary/aromatic N) is 3. The molecular weight excluding hydrogens is 675 g/mol. The second-order valence-corrected chi connectivity index (χ2v) is 12.5. The Labute approximate surface area is 289 Å². The average Bonchev–Trinajstić information content (AvgIpc) is 3.55. The van der Waals surface area contributed by atoms with Gasteiger partial charge >= 0.3 is 23.7 Å². The highest BCUT2D eigenvalue weighted by molar-refractivity contribution is 5.97. The standard InChI is InChI=1S/C26H30N4O7.C9H8F3NO/c1-14(16-6-4-3-5-7-16)20-13-30(29-28-20)21(12-24(33)34)25(35)27-17-8-9-18-15(2)19(11-23(31)32)26(36)37-22(18)10-17;10-9(11,12)7-3-1-2-6(4-7)5-8(13)14/h8-10,13-14,16,21H,3-7,11-12H2,1-2H3,(H,27,35)(H,31,32)(H,33,34);1-4H,5H2,(H2,13,14). The molecule has 2 amide bonds. The van der Waals surface area contributed by atoms with Crippen LogP contribution in [0.2, 0.25) is 0 Å². The Morgan fingerprint density at radius 1 is 1.04 bits per heavy atom. The summed E-state index contributed by atoms with van der Waals surface area (Å²) in [5, 5.41) is 30.0. The van der Waals surface area contributed by atoms with Crippen LogP contribution >= 0.6 is 0 Å². The predicted molar refractivity (Wildman–Crippen MR) is 178 cm³/mol. The SMILES string of the molecule is Cc1c(CC(=O)O)c(=O)oc2cc(NC(=O)C(CC(=O)O)n3cc(C(C)C4CCCCC4)nn3)ccc12.NC(=O)Cc1cccc(C(F)(F)F)c1. The number of benzene rings is 2. The van der Waals surface area contributed by atoms with Gasteiger partial charge in [0.25, 0.3) is 0 Å². The van der Waals surface area contributed by atoms with E-state index >= 15 is 0 Å². The van der Waals surface area contributed by atoms with Crippen LogP contribution < -0.4 is 16.7 Å². The molecule has 2 atom stereocenters. The molecule has 51 heavy (non-hydrogen) atoms. The number of aliphatic carboxylic acids is 2. The summed E-state index contributed by atoms with van der Waals surface area (Å²) < 4.78 is 43.2. The van der Waals surface area contributed by atoms with Crippen molar-refractivity contribution in [3.63, 3.8) is 0 Å². The zero-order chi connectivity index (χ0) is 37.5. The third-order valence-corrected chi connectivity index (χ3v) is 8.86. The van der Waals surface area contributed by atoms with Gasteiger partial charge in [-0.2, -0.15) is 13.2 Å². The van der Waals surface area contributed by atoms with Crippen LogP contribution in [0.3, 0.4) is 0 Å². The lowest BCUT2D eigenvalue weighted by molar-refractivity contribution is -0.140. The summed E-state index contributed by atoms with van der Waals surface area (Å²) in [6.45, 7) is 3.72. The van der Waals surface area contributed by atoms with Crippen molar-refractivity contribution in [2.75, 3.05) is 5.32 Å². The number of nitrogens with one attached hydrogen (secondary N) is 1. The molecule has 1 aliphatic rings. The summed E-state index contributed by atoms with van der Waals surface area (Å²) in [4.78, 5) is 58.6. The van der Waals surface area contributed by atoms with Gasteiger partial charge in [-0.15, -0.1) is 5.10 Å². The number of anilines is 1. The third kappa shape index (κ3) is 10.2. The van der Waals surface area contributed by atoms with E-state index < -0.39 is 60.0 Å². The van der Waals surface area contributed by atoms with Gasteiger partial charge in [0, 0.05) is 29.3 Å². The minimum absolute atomic E-state index is 0.0581. The molecule has 0 aliphatic heterocycles. The fourth-order valence-corrected chi connectivity index (χ4v) is 6.11. The van der Waals surface area contributed by atoms with Crippen LogP contribution in [-0.2, 0) is 38.2 Å². The fourth-order valence-electron chi connectivity index (χ4n) is 6.11. The van der Waals surface area contributed by atoms with Crippen molar-refractivity contribution in [1.82, 2.24) is 15.0 Å². The van der Waals surface area contributed by atoms with Gasteiger partial charge in [-0.3, -0.25) is 19.2 Å². The lowest BCUT2D eigenvalue weighted by Crippen LogP contribution is -2.28. The van der Waals surface area contributed by atoms with Gasteiger partial charge in [0.05, 0.1) is 36.1 Å². The Balaban J connectivity index is 0.000000349. The first-order valence-corrected chi connectivity index (χ1v) is 16.2. The molecule has 16 heteroatoms. The van der Waals surface area contributed by atoms with Crippen molar-refractivity contribution in [3.8, 4) is 0 Å². The molecule has 0 bridgehead atoms. The van der Waals surface area contributed by atoms with Crippen LogP contribution in [0.4, 0.5) is 18.9 Å². The van der Waals surface area contributed by atoms with E-state index in [-0.39, 0.29) is 34.7 Å². The Hall–Kier alpha value is -5.54. The number of hydrogen-bond acceptors (Lipinski definition) is 8. The maximum absolute atomic E-state index is 13.2. The molecule has 5 N–H and O–H groups in total. The molecule has 4 aromatic rings. The maximum atomic E-state index is 13.2. The van der Waals surface area contributed by atoms with Gasteiger partial charge < -0.3 is 25.7 Å². The maximum Gasteiger partial charge on any atom is 0.416 e. The van der Waals surface area contributed by atoms with E-state index in [9.17, 15) is 42.3 Å². The van der Waals surface area contributed by atoms with Crippen LogP contribution in [0.5, 0.6) is 0 Å². The Bertz CT molecular complexity index is 1970. The number of hydrogen-bond donors (Lipinski definition) is 4. The number of primary amides is 1. The number of rotatable bonds is 11. The molecular formula is C35H38F3N5O8. The summed E-state index contributed by atoms with van der Waals surface area (Å²) in [5.74, 6) is -2.93. The summed E-state index contributed by atoms with van der Waals surface area (Å²) in [6.07, 6.45) is 1.96. The molecule has 1 fully saturated rings. The van der Waals surface area contributed by atoms with Crippen molar-refractivity contribution < 1.29 is 47.0 Å². The fraction of sp³-hybridized carbons (Fsp3) is 0.400. The van der Waals surface area contributed by atoms with Crippen molar-refractivity contribution in [2.24, 2.45) is 11.7 Å². The largest absolute Gasteiger partial charge is 0.481 e. The number of carboxylic acids is 2. The first kappa shape index (κ1) is 38.3. The molecule has 1 saturated carbocycles. The van der Waals surface area contributed by atoms with E-state index in [0.29, 0.717) is 16.9 Å². The molecule has 5 rings (SSSR count). The first-order valence-electron chi connectivity index (χ1n) is 16.2. The Morgan fingerprint density at radius 2 is 1.75 bits per heavy atom. The molecule has 0 saturated heterocycles. The minimum atomic E-state index is -4.38. The quantitative estimate of drug-likeness (QED) is 0.146. The van der Waals surface area contributed by atoms with E-state index in [4.69, 9.17) is 15.3 Å². The number of carboxylic acid groups (broad SMARTS) is 2. The molecule has 1 aliphatic carbocycles. The number of fused-ring (bicyclic) bond motifs is 1. The second kappa shape index (κ2) is 16.4. The summed E-state index contributed by atoms with van der Waals surface area (Å²) in [5.41, 5.74) is 5.34. The first-order chi connectivity index (χ1) is 24.0. The van der Waals surface area contributed by atoms with Gasteiger partial charge in [-0.25, -0.2) is 9.48 Å². The molecule has 2 unspecified atom stereocenters. The lowest BCUT2D eigenvalue weighted by atomic mass is 9.80. The van der Waals surface area contributed by atoms with Crippen LogP contribution in [0, 0.1) is 12.8 Å². The molecule has 0 spiro atoms. The van der Waals surface area contributed by atoms with Crippen LogP contribution in [0.1, 0.15) is 85.4 Å². The highest BCUT2D eigenvalue weighted by Gasteiger charge is 2.31. The zero-order valence-electron chi connectivity index (χ0n) is 27.9. The summed E-state index contributed by atoms with van der Waals surface area (Å²) in [6, 6.07) is 8.05. The molecule has 272 valence electrons. The third-order valence-electron chi connectivity index (χ3n) is 8.86. The summed E-state index contributed by atoms with van der Waals surface area (Å²) in [7, 11) is 0. The van der Waals surface area contributed by atoms with Gasteiger partial charge in [0.2, 0.25) is 11.8 Å². The molecule has 0 radical (unpaired) electrons. The number of alkyl halides is 3. The highest BCUT2D eigenvalue weighted by Crippen LogP contribution is 2.35. The van der Waals surface area contributed by atoms with Crippen LogP contribution in [0.25, 0.3) is 11.0 Å².